The second-order valence-electron chi connectivity index (χ2n) is 5.79. The molecule has 5 aromatic rings. The van der Waals surface area contributed by atoms with E-state index in [-0.39, 0.29) is 0 Å². The first-order valence-electron chi connectivity index (χ1n) is 8.21. The number of rotatable bonds is 3. The van der Waals surface area contributed by atoms with Gasteiger partial charge in [0.05, 0.1) is 26.1 Å². The molecule has 0 radical (unpaired) electrons. The third-order valence-electron chi connectivity index (χ3n) is 4.03. The topological polar surface area (TPSA) is 38.7 Å². The average Bonchev–Trinajstić information content (AvgIpc) is 3.30. The van der Waals surface area contributed by atoms with Gasteiger partial charge in [-0.15, -0.1) is 22.7 Å². The summed E-state index contributed by atoms with van der Waals surface area (Å²) in [5.41, 5.74) is 3.95. The Bertz CT molecular complexity index is 1090. The van der Waals surface area contributed by atoms with E-state index in [9.17, 15) is 0 Å². The summed E-state index contributed by atoms with van der Waals surface area (Å²) in [6.07, 6.45) is 3.88. The third kappa shape index (κ3) is 2.81. The Kier molecular flexibility index (Phi) is 3.81. The van der Waals surface area contributed by atoms with Crippen molar-refractivity contribution in [1.82, 2.24) is 15.0 Å². The van der Waals surface area contributed by atoms with Crippen LogP contribution in [-0.4, -0.2) is 15.0 Å². The molecule has 0 saturated heterocycles. The van der Waals surface area contributed by atoms with Crippen LogP contribution >= 0.6 is 22.7 Å². The SMILES string of the molecule is C(=C(c1nc2ccccc2s1)c1nc2ccccc2s1)c1ccccn1. The zero-order valence-corrected chi connectivity index (χ0v) is 15.3. The first-order valence-corrected chi connectivity index (χ1v) is 9.85. The van der Waals surface area contributed by atoms with Crippen molar-refractivity contribution >= 4 is 54.8 Å². The predicted octanol–water partition coefficient (Wildman–Crippen LogP) is 5.89. The Morgan fingerprint density at radius 3 is 1.81 bits per heavy atom. The minimum Gasteiger partial charge on any atom is -0.257 e. The fourth-order valence-electron chi connectivity index (χ4n) is 2.80. The fraction of sp³-hybridized carbons (Fsp3) is 0. The summed E-state index contributed by atoms with van der Waals surface area (Å²) >= 11 is 3.38. The molecule has 124 valence electrons. The van der Waals surface area contributed by atoms with Crippen molar-refractivity contribution in [3.05, 3.63) is 88.6 Å². The van der Waals surface area contributed by atoms with Gasteiger partial charge in [0.2, 0.25) is 0 Å². The number of hydrogen-bond acceptors (Lipinski definition) is 5. The molecule has 3 heterocycles. The van der Waals surface area contributed by atoms with Gasteiger partial charge in [0.1, 0.15) is 10.0 Å². The van der Waals surface area contributed by atoms with Gasteiger partial charge in [-0.1, -0.05) is 30.3 Å². The number of pyridine rings is 1. The van der Waals surface area contributed by atoms with E-state index < -0.39 is 0 Å². The maximum absolute atomic E-state index is 4.84. The van der Waals surface area contributed by atoms with Gasteiger partial charge in [0.25, 0.3) is 0 Å². The molecule has 0 spiro atoms. The standard InChI is InChI=1S/C21H13N3S2/c1-3-10-18-16(8-1)23-20(25-18)15(13-14-7-5-6-12-22-14)21-24-17-9-2-4-11-19(17)26-21/h1-13H. The van der Waals surface area contributed by atoms with Crippen LogP contribution < -0.4 is 0 Å². The van der Waals surface area contributed by atoms with E-state index in [1.54, 1.807) is 28.9 Å². The summed E-state index contributed by atoms with van der Waals surface area (Å²) in [6, 6.07) is 22.4. The molecule has 3 aromatic heterocycles. The molecule has 0 amide bonds. The van der Waals surface area contributed by atoms with Gasteiger partial charge in [0, 0.05) is 11.8 Å². The van der Waals surface area contributed by atoms with Crippen LogP contribution in [0, 0.1) is 0 Å². The molecule has 0 aliphatic carbocycles. The van der Waals surface area contributed by atoms with E-state index >= 15 is 0 Å². The maximum atomic E-state index is 4.84. The second kappa shape index (κ2) is 6.44. The highest BCUT2D eigenvalue weighted by Crippen LogP contribution is 2.35. The van der Waals surface area contributed by atoms with Gasteiger partial charge in [-0.2, -0.15) is 0 Å². The number of fused-ring (bicyclic) bond motifs is 2. The average molecular weight is 371 g/mol. The fourth-order valence-corrected chi connectivity index (χ4v) is 4.83. The zero-order chi connectivity index (χ0) is 17.3. The highest BCUT2D eigenvalue weighted by Gasteiger charge is 2.15. The molecule has 2 aromatic carbocycles. The minimum absolute atomic E-state index is 0.904. The lowest BCUT2D eigenvalue weighted by Gasteiger charge is -2.00. The molecular formula is C21H13N3S2. The van der Waals surface area contributed by atoms with Crippen molar-refractivity contribution in [3.63, 3.8) is 0 Å². The first kappa shape index (κ1) is 15.4. The Balaban J connectivity index is 1.73. The lowest BCUT2D eigenvalue weighted by Crippen LogP contribution is -1.88. The molecular weight excluding hydrogens is 358 g/mol. The molecule has 0 unspecified atom stereocenters. The lowest BCUT2D eigenvalue weighted by atomic mass is 10.2. The predicted molar refractivity (Wildman–Crippen MR) is 110 cm³/mol. The molecule has 0 saturated carbocycles. The smallest absolute Gasteiger partial charge is 0.127 e. The van der Waals surface area contributed by atoms with Crippen LogP contribution in [0.2, 0.25) is 0 Å². The molecule has 26 heavy (non-hydrogen) atoms. The molecule has 0 aliphatic heterocycles. The lowest BCUT2D eigenvalue weighted by molar-refractivity contribution is 1.29. The molecule has 0 aliphatic rings. The summed E-state index contributed by atoms with van der Waals surface area (Å²) in [4.78, 5) is 14.1. The van der Waals surface area contributed by atoms with Crippen LogP contribution in [0.5, 0.6) is 0 Å². The summed E-state index contributed by atoms with van der Waals surface area (Å²) in [6.45, 7) is 0. The van der Waals surface area contributed by atoms with Crippen molar-refractivity contribution in [3.8, 4) is 0 Å². The number of para-hydroxylation sites is 2. The van der Waals surface area contributed by atoms with Crippen LogP contribution in [0.15, 0.2) is 72.9 Å². The van der Waals surface area contributed by atoms with Gasteiger partial charge >= 0.3 is 0 Å². The number of aromatic nitrogens is 3. The Morgan fingerprint density at radius 1 is 0.692 bits per heavy atom. The summed E-state index contributed by atoms with van der Waals surface area (Å²) in [5.74, 6) is 0. The van der Waals surface area contributed by atoms with Crippen LogP contribution in [-0.2, 0) is 0 Å². The van der Waals surface area contributed by atoms with E-state index in [1.807, 2.05) is 54.6 Å². The summed E-state index contributed by atoms with van der Waals surface area (Å²) < 4.78 is 2.35. The van der Waals surface area contributed by atoms with Crippen molar-refractivity contribution < 1.29 is 0 Å². The second-order valence-corrected chi connectivity index (χ2v) is 7.85. The van der Waals surface area contributed by atoms with Crippen molar-refractivity contribution in [2.24, 2.45) is 0 Å². The van der Waals surface area contributed by atoms with Crippen LogP contribution in [0.3, 0.4) is 0 Å². The number of benzene rings is 2. The molecule has 0 atom stereocenters. The van der Waals surface area contributed by atoms with E-state index in [0.717, 1.165) is 32.3 Å². The van der Waals surface area contributed by atoms with E-state index in [0.29, 0.717) is 0 Å². The van der Waals surface area contributed by atoms with E-state index in [4.69, 9.17) is 9.97 Å². The zero-order valence-electron chi connectivity index (χ0n) is 13.7. The normalized spacial score (nSPS) is 11.1. The Hall–Kier alpha value is -2.89. The number of thiazole rings is 2. The quantitative estimate of drug-likeness (QED) is 0.397. The van der Waals surface area contributed by atoms with Gasteiger partial charge in [-0.25, -0.2) is 9.97 Å². The minimum atomic E-state index is 0.904. The highest BCUT2D eigenvalue weighted by molar-refractivity contribution is 7.22. The molecule has 0 bridgehead atoms. The summed E-state index contributed by atoms with van der Waals surface area (Å²) in [7, 11) is 0. The highest BCUT2D eigenvalue weighted by atomic mass is 32.1. The third-order valence-corrected chi connectivity index (χ3v) is 6.17. The monoisotopic (exact) mass is 371 g/mol. The molecule has 5 rings (SSSR count). The molecule has 0 N–H and O–H groups in total. The Morgan fingerprint density at radius 2 is 1.27 bits per heavy atom. The largest absolute Gasteiger partial charge is 0.257 e. The number of nitrogens with zero attached hydrogens (tertiary/aromatic N) is 3. The van der Waals surface area contributed by atoms with Crippen LogP contribution in [0.25, 0.3) is 32.1 Å². The maximum Gasteiger partial charge on any atom is 0.127 e. The van der Waals surface area contributed by atoms with Gasteiger partial charge in [-0.05, 0) is 42.5 Å². The summed E-state index contributed by atoms with van der Waals surface area (Å²) in [5, 5.41) is 1.94. The van der Waals surface area contributed by atoms with E-state index in [2.05, 4.69) is 23.2 Å². The van der Waals surface area contributed by atoms with Gasteiger partial charge in [-0.3, -0.25) is 4.98 Å². The van der Waals surface area contributed by atoms with E-state index in [1.165, 1.54) is 9.40 Å². The first-order chi connectivity index (χ1) is 12.9. The number of hydrogen-bond donors (Lipinski definition) is 0. The Labute approximate surface area is 158 Å². The van der Waals surface area contributed by atoms with Gasteiger partial charge < -0.3 is 0 Å². The molecule has 3 nitrogen and oxygen atoms in total. The van der Waals surface area contributed by atoms with Crippen LogP contribution in [0.1, 0.15) is 15.7 Å². The van der Waals surface area contributed by atoms with Crippen molar-refractivity contribution in [2.75, 3.05) is 0 Å². The van der Waals surface area contributed by atoms with Crippen molar-refractivity contribution in [2.45, 2.75) is 0 Å². The van der Waals surface area contributed by atoms with Crippen molar-refractivity contribution in [1.29, 1.82) is 0 Å². The van der Waals surface area contributed by atoms with Crippen LogP contribution in [0.4, 0.5) is 0 Å². The molecule has 0 fully saturated rings. The molecule has 5 heteroatoms. The van der Waals surface area contributed by atoms with Gasteiger partial charge in [0.15, 0.2) is 0 Å².